The van der Waals surface area contributed by atoms with Gasteiger partial charge in [0.1, 0.15) is 16.3 Å². The Bertz CT molecular complexity index is 714. The molecule has 0 aliphatic carbocycles. The number of pyridine rings is 1. The molecule has 0 aromatic carbocycles. The molecule has 0 spiro atoms. The lowest BCUT2D eigenvalue weighted by Crippen LogP contribution is -2.62. The highest BCUT2D eigenvalue weighted by molar-refractivity contribution is 6.29. The summed E-state index contributed by atoms with van der Waals surface area (Å²) >= 11 is 5.82. The molecule has 1 N–H and O–H groups in total. The zero-order valence-electron chi connectivity index (χ0n) is 16.2. The van der Waals surface area contributed by atoms with Crippen LogP contribution in [0.4, 0.5) is 0 Å². The Morgan fingerprint density at radius 1 is 1.50 bits per heavy atom. The van der Waals surface area contributed by atoms with Gasteiger partial charge in [-0.1, -0.05) is 37.9 Å². The topological polar surface area (TPSA) is 113 Å². The van der Waals surface area contributed by atoms with Crippen molar-refractivity contribution < 1.29 is 14.6 Å². The van der Waals surface area contributed by atoms with Gasteiger partial charge in [-0.25, -0.2) is 15.1 Å². The average Bonchev–Trinajstić information content (AvgIpc) is 2.65. The lowest BCUT2D eigenvalue weighted by Gasteiger charge is -2.41. The Labute approximate surface area is 168 Å². The van der Waals surface area contributed by atoms with Gasteiger partial charge in [-0.15, -0.1) is 0 Å². The third-order valence-electron chi connectivity index (χ3n) is 4.54. The van der Waals surface area contributed by atoms with Gasteiger partial charge in [-0.3, -0.25) is 9.69 Å². The molecule has 1 aromatic rings. The molecule has 10 nitrogen and oxygen atoms in total. The molecular weight excluding hydrogens is 388 g/mol. The summed E-state index contributed by atoms with van der Waals surface area (Å²) in [7, 11) is 0. The van der Waals surface area contributed by atoms with E-state index in [9.17, 15) is 14.9 Å². The first kappa shape index (κ1) is 21.8. The number of halogens is 1. The number of aromatic nitrogens is 1. The van der Waals surface area contributed by atoms with Gasteiger partial charge in [0.25, 0.3) is 5.96 Å². The first-order chi connectivity index (χ1) is 13.3. The molecule has 2 atom stereocenters. The van der Waals surface area contributed by atoms with Crippen LogP contribution in [0.2, 0.25) is 5.15 Å². The third-order valence-corrected chi connectivity index (χ3v) is 4.76. The van der Waals surface area contributed by atoms with Crippen molar-refractivity contribution in [3.8, 4) is 0 Å². The SMILES string of the molecule is CCOC(=O)[C@H]([C@@H](C)CC)N1CN/C(=N\[N+](=O)[O-])N(Cc2ccc(Cl)nc2)C1. The summed E-state index contributed by atoms with van der Waals surface area (Å²) in [5.74, 6) is -0.127. The molecule has 0 saturated carbocycles. The van der Waals surface area contributed by atoms with E-state index in [0.717, 1.165) is 12.0 Å². The maximum Gasteiger partial charge on any atom is 0.323 e. The Morgan fingerprint density at radius 3 is 2.82 bits per heavy atom. The van der Waals surface area contributed by atoms with E-state index >= 15 is 0 Å². The maximum atomic E-state index is 12.5. The zero-order chi connectivity index (χ0) is 20.7. The summed E-state index contributed by atoms with van der Waals surface area (Å²) in [4.78, 5) is 31.1. The second-order valence-corrected chi connectivity index (χ2v) is 6.88. The minimum absolute atomic E-state index is 0.0499. The van der Waals surface area contributed by atoms with Crippen molar-refractivity contribution in [3.63, 3.8) is 0 Å². The number of hydrogen-bond donors (Lipinski definition) is 1. The fourth-order valence-electron chi connectivity index (χ4n) is 3.02. The van der Waals surface area contributed by atoms with Crippen LogP contribution in [-0.2, 0) is 16.1 Å². The maximum absolute atomic E-state index is 12.5. The molecule has 1 aliphatic heterocycles. The Balaban J connectivity index is 2.25. The summed E-state index contributed by atoms with van der Waals surface area (Å²) in [6.07, 6.45) is 2.39. The lowest BCUT2D eigenvalue weighted by atomic mass is 9.98. The molecule has 1 saturated heterocycles. The van der Waals surface area contributed by atoms with E-state index in [1.54, 1.807) is 30.2 Å². The highest BCUT2D eigenvalue weighted by Crippen LogP contribution is 2.20. The van der Waals surface area contributed by atoms with Gasteiger partial charge in [-0.2, -0.15) is 0 Å². The number of guanidine groups is 1. The number of rotatable bonds is 8. The quantitative estimate of drug-likeness (QED) is 0.298. The zero-order valence-corrected chi connectivity index (χ0v) is 16.9. The number of nitrogens with zero attached hydrogens (tertiary/aromatic N) is 5. The van der Waals surface area contributed by atoms with Gasteiger partial charge in [0.15, 0.2) is 5.03 Å². The Morgan fingerprint density at radius 2 is 2.25 bits per heavy atom. The van der Waals surface area contributed by atoms with Crippen LogP contribution in [0.1, 0.15) is 32.8 Å². The molecule has 2 rings (SSSR count). The standard InChI is InChI=1S/C17H25ClN6O4/c1-4-12(3)15(16(25)28-5-2)23-10-20-17(21-24(26)27)22(11-23)9-13-6-7-14(18)19-8-13/h6-8,12,15H,4-5,9-11H2,1-3H3,(H,20,21)/t12-,15-/m0/s1. The summed E-state index contributed by atoms with van der Waals surface area (Å²) in [5.41, 5.74) is 0.806. The van der Waals surface area contributed by atoms with Crippen molar-refractivity contribution in [2.75, 3.05) is 19.9 Å². The largest absolute Gasteiger partial charge is 0.465 e. The molecule has 1 aromatic heterocycles. The van der Waals surface area contributed by atoms with Gasteiger partial charge in [0.2, 0.25) is 0 Å². The van der Waals surface area contributed by atoms with Crippen LogP contribution in [0.5, 0.6) is 0 Å². The second-order valence-electron chi connectivity index (χ2n) is 6.50. The lowest BCUT2D eigenvalue weighted by molar-refractivity contribution is -0.486. The van der Waals surface area contributed by atoms with Gasteiger partial charge < -0.3 is 15.0 Å². The number of nitrogens with one attached hydrogen (secondary N) is 1. The number of hydrazone groups is 1. The number of ether oxygens (including phenoxy) is 1. The van der Waals surface area contributed by atoms with Gasteiger partial charge in [0.05, 0.1) is 19.9 Å². The predicted molar refractivity (Wildman–Crippen MR) is 104 cm³/mol. The van der Waals surface area contributed by atoms with Crippen molar-refractivity contribution in [2.24, 2.45) is 11.0 Å². The van der Waals surface area contributed by atoms with E-state index in [0.29, 0.717) is 18.3 Å². The molecule has 0 radical (unpaired) electrons. The molecule has 28 heavy (non-hydrogen) atoms. The summed E-state index contributed by atoms with van der Waals surface area (Å²) in [5, 5.41) is 16.9. The average molecular weight is 413 g/mol. The minimum Gasteiger partial charge on any atom is -0.465 e. The molecule has 1 fully saturated rings. The van der Waals surface area contributed by atoms with Gasteiger partial charge in [-0.05, 0) is 24.5 Å². The van der Waals surface area contributed by atoms with Crippen molar-refractivity contribution >= 4 is 23.5 Å². The number of carbonyl (C=O) groups excluding carboxylic acids is 1. The summed E-state index contributed by atoms with van der Waals surface area (Å²) in [6, 6.07) is 2.97. The normalized spacial score (nSPS) is 18.4. The van der Waals surface area contributed by atoms with Crippen molar-refractivity contribution in [3.05, 3.63) is 39.2 Å². The Hall–Kier alpha value is -2.46. The molecule has 2 heterocycles. The van der Waals surface area contributed by atoms with E-state index < -0.39 is 11.1 Å². The van der Waals surface area contributed by atoms with Gasteiger partial charge >= 0.3 is 5.97 Å². The van der Waals surface area contributed by atoms with Crippen molar-refractivity contribution in [1.82, 2.24) is 20.1 Å². The van der Waals surface area contributed by atoms with Crippen molar-refractivity contribution in [2.45, 2.75) is 39.8 Å². The highest BCUT2D eigenvalue weighted by Gasteiger charge is 2.36. The molecule has 0 unspecified atom stereocenters. The van der Waals surface area contributed by atoms with E-state index in [1.807, 2.05) is 18.7 Å². The van der Waals surface area contributed by atoms with Crippen molar-refractivity contribution in [1.29, 1.82) is 0 Å². The van der Waals surface area contributed by atoms with Crippen LogP contribution in [0.25, 0.3) is 0 Å². The van der Waals surface area contributed by atoms with Crippen LogP contribution < -0.4 is 5.32 Å². The van der Waals surface area contributed by atoms with Crippen LogP contribution in [0, 0.1) is 16.0 Å². The second kappa shape index (κ2) is 10.2. The summed E-state index contributed by atoms with van der Waals surface area (Å²) < 4.78 is 5.25. The molecule has 1 aliphatic rings. The third kappa shape index (κ3) is 5.77. The van der Waals surface area contributed by atoms with Gasteiger partial charge in [0, 0.05) is 12.7 Å². The predicted octanol–water partition coefficient (Wildman–Crippen LogP) is 1.88. The van der Waals surface area contributed by atoms with E-state index in [2.05, 4.69) is 15.4 Å². The van der Waals surface area contributed by atoms with Crippen LogP contribution >= 0.6 is 11.6 Å². The molecule has 0 bridgehead atoms. The van der Waals surface area contributed by atoms with Crippen LogP contribution in [0.3, 0.4) is 0 Å². The first-order valence-corrected chi connectivity index (χ1v) is 9.46. The van der Waals surface area contributed by atoms with Crippen LogP contribution in [0.15, 0.2) is 23.4 Å². The number of nitro groups is 1. The fraction of sp³-hybridized carbons (Fsp3) is 0.588. The van der Waals surface area contributed by atoms with E-state index in [4.69, 9.17) is 16.3 Å². The van der Waals surface area contributed by atoms with Crippen LogP contribution in [-0.4, -0.2) is 57.7 Å². The van der Waals surface area contributed by atoms with E-state index in [-0.39, 0.29) is 31.2 Å². The highest BCUT2D eigenvalue weighted by atomic mass is 35.5. The summed E-state index contributed by atoms with van der Waals surface area (Å²) in [6.45, 7) is 6.88. The first-order valence-electron chi connectivity index (χ1n) is 9.08. The molecule has 154 valence electrons. The number of hydrogen-bond acceptors (Lipinski definition) is 6. The fourth-order valence-corrected chi connectivity index (χ4v) is 3.13. The van der Waals surface area contributed by atoms with E-state index in [1.165, 1.54) is 0 Å². The number of esters is 1. The monoisotopic (exact) mass is 412 g/mol. The molecular formula is C17H25ClN6O4. The smallest absolute Gasteiger partial charge is 0.323 e. The minimum atomic E-state index is -0.747. The number of carbonyl (C=O) groups is 1. The Kier molecular flexibility index (Phi) is 7.94. The molecule has 0 amide bonds. The molecule has 11 heteroatoms.